The summed E-state index contributed by atoms with van der Waals surface area (Å²) in [5.41, 5.74) is 3.43. The van der Waals surface area contributed by atoms with Crippen molar-refractivity contribution in [2.24, 2.45) is 0 Å². The summed E-state index contributed by atoms with van der Waals surface area (Å²) in [5, 5.41) is 6.56. The largest absolute Gasteiger partial charge is 0.454 e. The fourth-order valence-electron chi connectivity index (χ4n) is 3.39. The number of halogens is 1. The number of alkyl halides is 1. The summed E-state index contributed by atoms with van der Waals surface area (Å²) >= 11 is 4.10. The number of hydrogen-bond donors (Lipinski definition) is 1. The minimum Gasteiger partial charge on any atom is -0.454 e. The molecular formula is C22H24IN3O2S. The minimum atomic E-state index is 0.303. The normalized spacial score (nSPS) is 13.6. The summed E-state index contributed by atoms with van der Waals surface area (Å²) in [6.45, 7) is 5.39. The molecule has 0 amide bonds. The maximum Gasteiger partial charge on any atom is 0.231 e. The number of ether oxygens (including phenoxy) is 2. The van der Waals surface area contributed by atoms with Crippen LogP contribution in [0.15, 0.2) is 53.9 Å². The van der Waals surface area contributed by atoms with Crippen molar-refractivity contribution in [1.82, 2.24) is 9.88 Å². The lowest BCUT2D eigenvalue weighted by Crippen LogP contribution is -2.33. The zero-order chi connectivity index (χ0) is 20.1. The van der Waals surface area contributed by atoms with E-state index in [1.54, 1.807) is 11.3 Å². The Hall–Kier alpha value is -1.84. The summed E-state index contributed by atoms with van der Waals surface area (Å²) in [6, 6.07) is 16.8. The molecule has 1 aromatic heterocycles. The molecule has 152 valence electrons. The molecule has 4 rings (SSSR count). The molecule has 7 heteroatoms. The molecule has 0 saturated carbocycles. The van der Waals surface area contributed by atoms with Crippen molar-refractivity contribution in [2.45, 2.75) is 13.0 Å². The van der Waals surface area contributed by atoms with E-state index in [9.17, 15) is 0 Å². The summed E-state index contributed by atoms with van der Waals surface area (Å²) in [4.78, 5) is 7.21. The van der Waals surface area contributed by atoms with Crippen LogP contribution in [-0.2, 0) is 0 Å². The van der Waals surface area contributed by atoms with Gasteiger partial charge in [0.2, 0.25) is 6.79 Å². The van der Waals surface area contributed by atoms with Crippen LogP contribution in [0.4, 0.5) is 5.13 Å². The average molecular weight is 521 g/mol. The standard InChI is InChI=1S/C22H24IN3O2S/c1-16(18-7-8-20-21(13-18)28-15-27-20)26(11-9-23)12-10-24-22-25-19(14-29-22)17-5-3-2-4-6-17/h2-8,13-14,16H,9-12,15H2,1H3,(H,24,25). The van der Waals surface area contributed by atoms with Crippen molar-refractivity contribution in [3.63, 3.8) is 0 Å². The number of rotatable bonds is 9. The molecule has 0 radical (unpaired) electrons. The molecule has 0 spiro atoms. The monoisotopic (exact) mass is 521 g/mol. The number of benzene rings is 2. The van der Waals surface area contributed by atoms with Gasteiger partial charge < -0.3 is 14.8 Å². The predicted octanol–water partition coefficient (Wildman–Crippen LogP) is 5.45. The molecule has 1 unspecified atom stereocenters. The first kappa shape index (κ1) is 20.4. The van der Waals surface area contributed by atoms with Crippen molar-refractivity contribution in [2.75, 3.05) is 36.2 Å². The van der Waals surface area contributed by atoms with Crippen LogP contribution in [0.2, 0.25) is 0 Å². The van der Waals surface area contributed by atoms with E-state index >= 15 is 0 Å². The van der Waals surface area contributed by atoms with E-state index in [2.05, 4.69) is 69.4 Å². The van der Waals surface area contributed by atoms with E-state index in [4.69, 9.17) is 14.5 Å². The molecule has 1 aliphatic rings. The second-order valence-corrected chi connectivity index (χ2v) is 8.78. The van der Waals surface area contributed by atoms with Crippen LogP contribution < -0.4 is 14.8 Å². The fraction of sp³-hybridized carbons (Fsp3) is 0.318. The first-order valence-electron chi connectivity index (χ1n) is 9.69. The highest BCUT2D eigenvalue weighted by Crippen LogP contribution is 2.35. The Bertz CT molecular complexity index is 935. The van der Waals surface area contributed by atoms with Crippen molar-refractivity contribution in [3.05, 3.63) is 59.5 Å². The van der Waals surface area contributed by atoms with Gasteiger partial charge in [0.15, 0.2) is 16.6 Å². The number of anilines is 1. The fourth-order valence-corrected chi connectivity index (χ4v) is 4.76. The van der Waals surface area contributed by atoms with Crippen LogP contribution >= 0.6 is 33.9 Å². The molecule has 0 fully saturated rings. The van der Waals surface area contributed by atoms with E-state index in [1.807, 2.05) is 24.3 Å². The topological polar surface area (TPSA) is 46.6 Å². The molecule has 5 nitrogen and oxygen atoms in total. The highest BCUT2D eigenvalue weighted by molar-refractivity contribution is 14.1. The molecular weight excluding hydrogens is 497 g/mol. The third-order valence-electron chi connectivity index (χ3n) is 5.05. The number of nitrogens with one attached hydrogen (secondary N) is 1. The molecule has 1 N–H and O–H groups in total. The van der Waals surface area contributed by atoms with Gasteiger partial charge in [-0.15, -0.1) is 11.3 Å². The van der Waals surface area contributed by atoms with Gasteiger partial charge in [-0.25, -0.2) is 4.98 Å². The van der Waals surface area contributed by atoms with Gasteiger partial charge in [-0.3, -0.25) is 4.90 Å². The van der Waals surface area contributed by atoms with Gasteiger partial charge in [0.25, 0.3) is 0 Å². The second kappa shape index (κ2) is 9.77. The Labute approximate surface area is 189 Å². The van der Waals surface area contributed by atoms with Crippen molar-refractivity contribution < 1.29 is 9.47 Å². The quantitative estimate of drug-likeness (QED) is 0.300. The molecule has 1 aliphatic heterocycles. The van der Waals surface area contributed by atoms with E-state index in [0.717, 1.165) is 51.9 Å². The third-order valence-corrected chi connectivity index (χ3v) is 6.33. The zero-order valence-electron chi connectivity index (χ0n) is 16.3. The number of hydrogen-bond acceptors (Lipinski definition) is 6. The van der Waals surface area contributed by atoms with Crippen LogP contribution in [-0.4, -0.2) is 40.7 Å². The number of aromatic nitrogens is 1. The Morgan fingerprint density at radius 1 is 1.14 bits per heavy atom. The van der Waals surface area contributed by atoms with Crippen molar-refractivity contribution in [1.29, 1.82) is 0 Å². The van der Waals surface area contributed by atoms with Gasteiger partial charge in [-0.2, -0.15) is 0 Å². The molecule has 29 heavy (non-hydrogen) atoms. The molecule has 2 heterocycles. The highest BCUT2D eigenvalue weighted by Gasteiger charge is 2.19. The molecule has 1 atom stereocenters. The molecule has 0 saturated heterocycles. The van der Waals surface area contributed by atoms with Crippen LogP contribution in [0.1, 0.15) is 18.5 Å². The summed E-state index contributed by atoms with van der Waals surface area (Å²) in [6.07, 6.45) is 0. The van der Waals surface area contributed by atoms with E-state index in [1.165, 1.54) is 5.56 Å². The van der Waals surface area contributed by atoms with Crippen LogP contribution in [0.5, 0.6) is 11.5 Å². The number of nitrogens with zero attached hydrogens (tertiary/aromatic N) is 2. The average Bonchev–Trinajstić information content (AvgIpc) is 3.42. The van der Waals surface area contributed by atoms with Crippen LogP contribution in [0.3, 0.4) is 0 Å². The third kappa shape index (κ3) is 5.02. The predicted molar refractivity (Wildman–Crippen MR) is 127 cm³/mol. The maximum atomic E-state index is 5.55. The first-order chi connectivity index (χ1) is 14.2. The van der Waals surface area contributed by atoms with E-state index in [0.29, 0.717) is 12.8 Å². The van der Waals surface area contributed by atoms with Gasteiger partial charge >= 0.3 is 0 Å². The molecule has 2 aromatic carbocycles. The summed E-state index contributed by atoms with van der Waals surface area (Å²) < 4.78 is 12.1. The van der Waals surface area contributed by atoms with Crippen LogP contribution in [0, 0.1) is 0 Å². The zero-order valence-corrected chi connectivity index (χ0v) is 19.3. The smallest absolute Gasteiger partial charge is 0.231 e. The summed E-state index contributed by atoms with van der Waals surface area (Å²) in [5.74, 6) is 1.68. The van der Waals surface area contributed by atoms with Crippen LogP contribution in [0.25, 0.3) is 11.3 Å². The van der Waals surface area contributed by atoms with E-state index in [-0.39, 0.29) is 0 Å². The number of fused-ring (bicyclic) bond motifs is 1. The Morgan fingerprint density at radius 2 is 1.97 bits per heavy atom. The highest BCUT2D eigenvalue weighted by atomic mass is 127. The van der Waals surface area contributed by atoms with Gasteiger partial charge in [0.05, 0.1) is 5.69 Å². The second-order valence-electron chi connectivity index (χ2n) is 6.84. The molecule has 0 bridgehead atoms. The first-order valence-corrected chi connectivity index (χ1v) is 12.1. The number of thiazole rings is 1. The van der Waals surface area contributed by atoms with Gasteiger partial charge in [0.1, 0.15) is 0 Å². The molecule has 0 aliphatic carbocycles. The van der Waals surface area contributed by atoms with Crippen molar-refractivity contribution >= 4 is 39.1 Å². The lowest BCUT2D eigenvalue weighted by Gasteiger charge is -2.29. The van der Waals surface area contributed by atoms with Gasteiger partial charge in [-0.05, 0) is 24.6 Å². The van der Waals surface area contributed by atoms with Gasteiger partial charge in [0, 0.05) is 41.0 Å². The SMILES string of the molecule is CC(c1ccc2c(c1)OCO2)N(CCI)CCNc1nc(-c2ccccc2)cs1. The Kier molecular flexibility index (Phi) is 6.89. The lowest BCUT2D eigenvalue weighted by atomic mass is 10.1. The van der Waals surface area contributed by atoms with Gasteiger partial charge in [-0.1, -0.05) is 59.0 Å². The maximum absolute atomic E-state index is 5.55. The Balaban J connectivity index is 1.36. The van der Waals surface area contributed by atoms with E-state index < -0.39 is 0 Å². The minimum absolute atomic E-state index is 0.303. The van der Waals surface area contributed by atoms with Crippen molar-refractivity contribution in [3.8, 4) is 22.8 Å². The molecule has 3 aromatic rings. The Morgan fingerprint density at radius 3 is 2.79 bits per heavy atom. The summed E-state index contributed by atoms with van der Waals surface area (Å²) in [7, 11) is 0. The lowest BCUT2D eigenvalue weighted by molar-refractivity contribution is 0.173.